The highest BCUT2D eigenvalue weighted by atomic mass is 16.2. The number of aromatic nitrogens is 1. The lowest BCUT2D eigenvalue weighted by Crippen LogP contribution is -2.37. The lowest BCUT2D eigenvalue weighted by Gasteiger charge is -2.13. The van der Waals surface area contributed by atoms with Crippen LogP contribution in [0.2, 0.25) is 0 Å². The molecule has 0 saturated heterocycles. The van der Waals surface area contributed by atoms with Crippen molar-refractivity contribution in [2.24, 2.45) is 5.73 Å². The standard InChI is InChI=1S/C18H17N3O/c19-15(12-13-6-2-1-3-7-13)18(22)21-16-10-4-8-14-9-5-11-20-17(14)16/h1-11,15H,12,19H2,(H,21,22). The van der Waals surface area contributed by atoms with Crippen LogP contribution < -0.4 is 11.1 Å². The molecule has 110 valence electrons. The molecular weight excluding hydrogens is 274 g/mol. The molecule has 1 aromatic heterocycles. The monoisotopic (exact) mass is 291 g/mol. The summed E-state index contributed by atoms with van der Waals surface area (Å²) < 4.78 is 0. The third-order valence-electron chi connectivity index (χ3n) is 3.53. The van der Waals surface area contributed by atoms with Gasteiger partial charge in [-0.15, -0.1) is 0 Å². The first kappa shape index (κ1) is 14.2. The maximum Gasteiger partial charge on any atom is 0.241 e. The molecule has 4 heteroatoms. The van der Waals surface area contributed by atoms with E-state index in [4.69, 9.17) is 5.73 Å². The Labute approximate surface area is 129 Å². The Morgan fingerprint density at radius 3 is 2.64 bits per heavy atom. The number of hydrogen-bond acceptors (Lipinski definition) is 3. The quantitative estimate of drug-likeness (QED) is 0.776. The smallest absolute Gasteiger partial charge is 0.241 e. The zero-order chi connectivity index (χ0) is 15.4. The molecule has 0 saturated carbocycles. The molecule has 22 heavy (non-hydrogen) atoms. The third kappa shape index (κ3) is 3.13. The fourth-order valence-electron chi connectivity index (χ4n) is 2.39. The summed E-state index contributed by atoms with van der Waals surface area (Å²) in [4.78, 5) is 16.6. The highest BCUT2D eigenvalue weighted by Crippen LogP contribution is 2.20. The van der Waals surface area contributed by atoms with Crippen LogP contribution in [-0.2, 0) is 11.2 Å². The Morgan fingerprint density at radius 2 is 1.82 bits per heavy atom. The van der Waals surface area contributed by atoms with E-state index < -0.39 is 6.04 Å². The Morgan fingerprint density at radius 1 is 1.05 bits per heavy atom. The van der Waals surface area contributed by atoms with E-state index in [2.05, 4.69) is 10.3 Å². The second kappa shape index (κ2) is 6.37. The van der Waals surface area contributed by atoms with E-state index >= 15 is 0 Å². The third-order valence-corrected chi connectivity index (χ3v) is 3.53. The summed E-state index contributed by atoms with van der Waals surface area (Å²) in [5, 5.41) is 3.86. The number of carbonyl (C=O) groups is 1. The van der Waals surface area contributed by atoms with E-state index in [1.54, 1.807) is 6.20 Å². The number of anilines is 1. The van der Waals surface area contributed by atoms with Crippen molar-refractivity contribution < 1.29 is 4.79 Å². The minimum Gasteiger partial charge on any atom is -0.323 e. The first-order valence-corrected chi connectivity index (χ1v) is 7.18. The number of fused-ring (bicyclic) bond motifs is 1. The van der Waals surface area contributed by atoms with Crippen LogP contribution in [0.4, 0.5) is 5.69 Å². The van der Waals surface area contributed by atoms with Crippen molar-refractivity contribution in [3.05, 3.63) is 72.4 Å². The molecule has 3 rings (SSSR count). The van der Waals surface area contributed by atoms with Gasteiger partial charge in [0.2, 0.25) is 5.91 Å². The average Bonchev–Trinajstić information content (AvgIpc) is 2.56. The zero-order valence-corrected chi connectivity index (χ0v) is 12.1. The van der Waals surface area contributed by atoms with E-state index in [9.17, 15) is 4.79 Å². The van der Waals surface area contributed by atoms with Gasteiger partial charge in [-0.25, -0.2) is 0 Å². The van der Waals surface area contributed by atoms with Gasteiger partial charge in [-0.3, -0.25) is 9.78 Å². The predicted octanol–water partition coefficient (Wildman–Crippen LogP) is 2.74. The molecule has 0 spiro atoms. The molecule has 1 heterocycles. The molecule has 0 aliphatic heterocycles. The minimum atomic E-state index is -0.596. The van der Waals surface area contributed by atoms with E-state index in [0.717, 1.165) is 16.5 Å². The average molecular weight is 291 g/mol. The maximum absolute atomic E-state index is 12.3. The van der Waals surface area contributed by atoms with Crippen molar-refractivity contribution >= 4 is 22.5 Å². The van der Waals surface area contributed by atoms with Crippen LogP contribution in [-0.4, -0.2) is 16.9 Å². The summed E-state index contributed by atoms with van der Waals surface area (Å²) in [6.07, 6.45) is 2.22. The number of benzene rings is 2. The molecule has 4 nitrogen and oxygen atoms in total. The second-order valence-corrected chi connectivity index (χ2v) is 5.17. The van der Waals surface area contributed by atoms with Gasteiger partial charge in [0.15, 0.2) is 0 Å². The zero-order valence-electron chi connectivity index (χ0n) is 12.1. The van der Waals surface area contributed by atoms with Crippen LogP contribution in [0.1, 0.15) is 5.56 Å². The lowest BCUT2D eigenvalue weighted by atomic mass is 10.1. The fourth-order valence-corrected chi connectivity index (χ4v) is 2.39. The molecule has 3 aromatic rings. The number of amides is 1. The van der Waals surface area contributed by atoms with Crippen molar-refractivity contribution in [1.82, 2.24) is 4.98 Å². The van der Waals surface area contributed by atoms with Crippen LogP contribution in [0.25, 0.3) is 10.9 Å². The number of carbonyl (C=O) groups excluding carboxylic acids is 1. The summed E-state index contributed by atoms with van der Waals surface area (Å²) in [5.41, 5.74) is 8.51. The molecule has 0 radical (unpaired) electrons. The maximum atomic E-state index is 12.3. The molecule has 0 aliphatic rings. The van der Waals surface area contributed by atoms with Crippen LogP contribution in [0, 0.1) is 0 Å². The second-order valence-electron chi connectivity index (χ2n) is 5.17. The van der Waals surface area contributed by atoms with Crippen molar-refractivity contribution in [2.45, 2.75) is 12.5 Å². The molecule has 0 bridgehead atoms. The Bertz CT molecular complexity index is 781. The summed E-state index contributed by atoms with van der Waals surface area (Å²) in [7, 11) is 0. The minimum absolute atomic E-state index is 0.206. The number of hydrogen-bond donors (Lipinski definition) is 2. The van der Waals surface area contributed by atoms with Crippen LogP contribution in [0.15, 0.2) is 66.9 Å². The highest BCUT2D eigenvalue weighted by molar-refractivity contribution is 6.02. The summed E-state index contributed by atoms with van der Waals surface area (Å²) in [6.45, 7) is 0. The molecule has 1 unspecified atom stereocenters. The number of nitrogens with one attached hydrogen (secondary N) is 1. The van der Waals surface area contributed by atoms with Gasteiger partial charge in [0, 0.05) is 11.6 Å². The first-order valence-electron chi connectivity index (χ1n) is 7.18. The van der Waals surface area contributed by atoms with E-state index in [1.165, 1.54) is 0 Å². The topological polar surface area (TPSA) is 68.0 Å². The Kier molecular flexibility index (Phi) is 4.12. The fraction of sp³-hybridized carbons (Fsp3) is 0.111. The van der Waals surface area contributed by atoms with Crippen LogP contribution in [0.5, 0.6) is 0 Å². The lowest BCUT2D eigenvalue weighted by molar-refractivity contribution is -0.117. The van der Waals surface area contributed by atoms with Crippen molar-refractivity contribution in [2.75, 3.05) is 5.32 Å². The number of pyridine rings is 1. The van der Waals surface area contributed by atoms with Gasteiger partial charge in [-0.2, -0.15) is 0 Å². The number of nitrogens with zero attached hydrogens (tertiary/aromatic N) is 1. The first-order chi connectivity index (χ1) is 10.7. The molecule has 1 amide bonds. The van der Waals surface area contributed by atoms with Crippen LogP contribution >= 0.6 is 0 Å². The summed E-state index contributed by atoms with van der Waals surface area (Å²) >= 11 is 0. The number of rotatable bonds is 4. The van der Waals surface area contributed by atoms with Gasteiger partial charge >= 0.3 is 0 Å². The van der Waals surface area contributed by atoms with Crippen molar-refractivity contribution in [3.8, 4) is 0 Å². The molecule has 0 aliphatic carbocycles. The molecule has 1 atom stereocenters. The van der Waals surface area contributed by atoms with E-state index in [1.807, 2.05) is 60.7 Å². The molecule has 2 aromatic carbocycles. The Hall–Kier alpha value is -2.72. The van der Waals surface area contributed by atoms with Crippen LogP contribution in [0.3, 0.4) is 0 Å². The van der Waals surface area contributed by atoms with Gasteiger partial charge in [0.25, 0.3) is 0 Å². The SMILES string of the molecule is NC(Cc1ccccc1)C(=O)Nc1cccc2cccnc12. The Balaban J connectivity index is 1.75. The number of nitrogens with two attached hydrogens (primary N) is 1. The van der Waals surface area contributed by atoms with Gasteiger partial charge in [-0.05, 0) is 24.1 Å². The largest absolute Gasteiger partial charge is 0.323 e. The molecule has 0 fully saturated rings. The van der Waals surface area contributed by atoms with E-state index in [-0.39, 0.29) is 5.91 Å². The molecule has 3 N–H and O–H groups in total. The van der Waals surface area contributed by atoms with Gasteiger partial charge < -0.3 is 11.1 Å². The highest BCUT2D eigenvalue weighted by Gasteiger charge is 2.15. The summed E-state index contributed by atoms with van der Waals surface area (Å²) in [6, 6.07) is 18.7. The summed E-state index contributed by atoms with van der Waals surface area (Å²) in [5.74, 6) is -0.206. The predicted molar refractivity (Wildman–Crippen MR) is 88.5 cm³/mol. The van der Waals surface area contributed by atoms with E-state index in [0.29, 0.717) is 12.1 Å². The normalized spacial score (nSPS) is 12.0. The van der Waals surface area contributed by atoms with Gasteiger partial charge in [0.05, 0.1) is 17.2 Å². The van der Waals surface area contributed by atoms with Gasteiger partial charge in [0.1, 0.15) is 0 Å². The van der Waals surface area contributed by atoms with Crippen molar-refractivity contribution in [3.63, 3.8) is 0 Å². The number of para-hydroxylation sites is 1. The molecular formula is C18H17N3O. The van der Waals surface area contributed by atoms with Crippen molar-refractivity contribution in [1.29, 1.82) is 0 Å². The van der Waals surface area contributed by atoms with Gasteiger partial charge in [-0.1, -0.05) is 48.5 Å².